The van der Waals surface area contributed by atoms with E-state index in [9.17, 15) is 24.3 Å². The topological polar surface area (TPSA) is 125 Å². The highest BCUT2D eigenvalue weighted by molar-refractivity contribution is 8.00. The summed E-state index contributed by atoms with van der Waals surface area (Å²) < 4.78 is 0. The zero-order valence-electron chi connectivity index (χ0n) is 25.6. The molecule has 1 atom stereocenters. The van der Waals surface area contributed by atoms with Crippen molar-refractivity contribution in [1.29, 1.82) is 0 Å². The Bertz CT molecular complexity index is 1980. The fraction of sp³-hybridized carbons (Fsp3) is 0.0526. The van der Waals surface area contributed by atoms with Crippen molar-refractivity contribution in [1.82, 2.24) is 5.32 Å². The van der Waals surface area contributed by atoms with Gasteiger partial charge in [0, 0.05) is 21.8 Å². The molecule has 8 nitrogen and oxygen atoms in total. The minimum atomic E-state index is -1.20. The fourth-order valence-corrected chi connectivity index (χ4v) is 5.92. The number of halogens is 1. The molecule has 48 heavy (non-hydrogen) atoms. The van der Waals surface area contributed by atoms with E-state index >= 15 is 0 Å². The molecule has 0 bridgehead atoms. The summed E-state index contributed by atoms with van der Waals surface area (Å²) in [7, 11) is 0. The minimum Gasteiger partial charge on any atom is -0.478 e. The first-order valence-electron chi connectivity index (χ1n) is 14.8. The fourth-order valence-electron chi connectivity index (χ4n) is 4.70. The standard InChI is InChI=1S/C38H30ClN3O5S/c1-24-9-8-10-25(21-24)22-33(42-35(43)27-13-6-3-7-14-27)36(44)40-28-15-18-30(19-16-28)48-34(26-11-4-2-5-12-26)37(45)41-29-17-20-32(39)31(23-29)38(46)47/h2-23,34H,1H3,(H,40,44)(H,41,45)(H,42,43)(H,46,47)/b33-22-. The van der Waals surface area contributed by atoms with Crippen LogP contribution in [0.4, 0.5) is 11.4 Å². The van der Waals surface area contributed by atoms with Crippen molar-refractivity contribution in [2.24, 2.45) is 0 Å². The lowest BCUT2D eigenvalue weighted by atomic mass is 10.1. The van der Waals surface area contributed by atoms with Gasteiger partial charge >= 0.3 is 5.97 Å². The maximum absolute atomic E-state index is 13.5. The third-order valence-corrected chi connectivity index (χ3v) is 8.65. The van der Waals surface area contributed by atoms with Gasteiger partial charge in [-0.15, -0.1) is 11.8 Å². The summed E-state index contributed by atoms with van der Waals surface area (Å²) in [5.41, 5.74) is 3.65. The lowest BCUT2D eigenvalue weighted by Crippen LogP contribution is -2.30. The van der Waals surface area contributed by atoms with Crippen molar-refractivity contribution in [2.45, 2.75) is 17.1 Å². The predicted octanol–water partition coefficient (Wildman–Crippen LogP) is 8.23. The van der Waals surface area contributed by atoms with Crippen molar-refractivity contribution in [3.63, 3.8) is 0 Å². The smallest absolute Gasteiger partial charge is 0.337 e. The summed E-state index contributed by atoms with van der Waals surface area (Å²) in [4.78, 5) is 52.2. The molecule has 0 aliphatic rings. The van der Waals surface area contributed by atoms with Gasteiger partial charge in [0.05, 0.1) is 10.6 Å². The van der Waals surface area contributed by atoms with E-state index in [1.54, 1.807) is 66.7 Å². The quantitative estimate of drug-likeness (QED) is 0.0826. The predicted molar refractivity (Wildman–Crippen MR) is 190 cm³/mol. The van der Waals surface area contributed by atoms with Gasteiger partial charge in [0.2, 0.25) is 5.91 Å². The van der Waals surface area contributed by atoms with E-state index in [2.05, 4.69) is 16.0 Å². The molecule has 3 amide bonds. The van der Waals surface area contributed by atoms with E-state index in [0.717, 1.165) is 21.6 Å². The zero-order valence-corrected chi connectivity index (χ0v) is 27.2. The highest BCUT2D eigenvalue weighted by Gasteiger charge is 2.23. The zero-order chi connectivity index (χ0) is 34.0. The van der Waals surface area contributed by atoms with Crippen LogP contribution in [-0.2, 0) is 9.59 Å². The Morgan fingerprint density at radius 1 is 0.750 bits per heavy atom. The second kappa shape index (κ2) is 15.8. The van der Waals surface area contributed by atoms with Crippen LogP contribution in [0.5, 0.6) is 0 Å². The largest absolute Gasteiger partial charge is 0.478 e. The number of nitrogens with one attached hydrogen (secondary N) is 3. The molecule has 240 valence electrons. The lowest BCUT2D eigenvalue weighted by molar-refractivity contribution is -0.116. The molecule has 0 aromatic heterocycles. The molecule has 5 rings (SSSR count). The van der Waals surface area contributed by atoms with E-state index in [1.807, 2.05) is 61.5 Å². The van der Waals surface area contributed by atoms with Gasteiger partial charge in [0.15, 0.2) is 0 Å². The summed E-state index contributed by atoms with van der Waals surface area (Å²) in [6.07, 6.45) is 1.62. The number of carbonyl (C=O) groups excluding carboxylic acids is 3. The Kier molecular flexibility index (Phi) is 11.1. The Hall–Kier alpha value is -5.64. The number of carboxylic acids is 1. The normalized spacial score (nSPS) is 11.7. The molecule has 0 spiro atoms. The Labute approximate surface area is 286 Å². The maximum atomic E-state index is 13.5. The van der Waals surface area contributed by atoms with Gasteiger partial charge in [0.1, 0.15) is 10.9 Å². The molecule has 1 unspecified atom stereocenters. The van der Waals surface area contributed by atoms with E-state index in [1.165, 1.54) is 23.9 Å². The molecule has 0 aliphatic carbocycles. The molecule has 5 aromatic carbocycles. The van der Waals surface area contributed by atoms with Crippen LogP contribution in [0.1, 0.15) is 42.7 Å². The average molecular weight is 676 g/mol. The Morgan fingerprint density at radius 2 is 1.42 bits per heavy atom. The van der Waals surface area contributed by atoms with E-state index in [0.29, 0.717) is 16.9 Å². The van der Waals surface area contributed by atoms with Crippen LogP contribution in [0, 0.1) is 6.92 Å². The van der Waals surface area contributed by atoms with Crippen molar-refractivity contribution in [3.05, 3.63) is 166 Å². The van der Waals surface area contributed by atoms with Gasteiger partial charge < -0.3 is 21.1 Å². The van der Waals surface area contributed by atoms with Crippen molar-refractivity contribution in [2.75, 3.05) is 10.6 Å². The average Bonchev–Trinajstić information content (AvgIpc) is 3.09. The van der Waals surface area contributed by atoms with Crippen LogP contribution < -0.4 is 16.0 Å². The highest BCUT2D eigenvalue weighted by atomic mass is 35.5. The Morgan fingerprint density at radius 3 is 2.08 bits per heavy atom. The van der Waals surface area contributed by atoms with Gasteiger partial charge in [-0.3, -0.25) is 14.4 Å². The number of rotatable bonds is 11. The van der Waals surface area contributed by atoms with Crippen molar-refractivity contribution >= 4 is 64.5 Å². The van der Waals surface area contributed by atoms with E-state index < -0.39 is 23.0 Å². The molecule has 0 aliphatic heterocycles. The first kappa shape index (κ1) is 33.7. The number of benzene rings is 5. The molecule has 4 N–H and O–H groups in total. The molecule has 0 saturated carbocycles. The molecule has 0 radical (unpaired) electrons. The van der Waals surface area contributed by atoms with Crippen LogP contribution in [0.25, 0.3) is 6.08 Å². The second-order valence-corrected chi connectivity index (χ2v) is 12.3. The maximum Gasteiger partial charge on any atom is 0.337 e. The van der Waals surface area contributed by atoms with Gasteiger partial charge in [-0.1, -0.05) is 90.0 Å². The molecule has 5 aromatic rings. The van der Waals surface area contributed by atoms with Crippen molar-refractivity contribution in [3.8, 4) is 0 Å². The van der Waals surface area contributed by atoms with E-state index in [-0.39, 0.29) is 22.2 Å². The SMILES string of the molecule is Cc1cccc(/C=C(\NC(=O)c2ccccc2)C(=O)Nc2ccc(SC(C(=O)Nc3ccc(Cl)c(C(=O)O)c3)c3ccccc3)cc2)c1. The van der Waals surface area contributed by atoms with Gasteiger partial charge in [-0.05, 0) is 78.7 Å². The first-order chi connectivity index (χ1) is 23.2. The monoisotopic (exact) mass is 675 g/mol. The van der Waals surface area contributed by atoms with Crippen LogP contribution in [0.3, 0.4) is 0 Å². The number of carboxylic acid groups (broad SMARTS) is 1. The molecule has 0 fully saturated rings. The first-order valence-corrected chi connectivity index (χ1v) is 16.0. The van der Waals surface area contributed by atoms with Gasteiger partial charge in [-0.2, -0.15) is 0 Å². The number of aromatic carboxylic acids is 1. The van der Waals surface area contributed by atoms with Crippen LogP contribution in [-0.4, -0.2) is 28.8 Å². The summed E-state index contributed by atoms with van der Waals surface area (Å²) in [5.74, 6) is -2.48. The highest BCUT2D eigenvalue weighted by Crippen LogP contribution is 2.37. The number of hydrogen-bond acceptors (Lipinski definition) is 5. The Balaban J connectivity index is 1.33. The molecular weight excluding hydrogens is 646 g/mol. The number of carbonyl (C=O) groups is 4. The minimum absolute atomic E-state index is 0.0676. The third-order valence-electron chi connectivity index (χ3n) is 7.05. The van der Waals surface area contributed by atoms with E-state index in [4.69, 9.17) is 11.6 Å². The number of aryl methyl sites for hydroxylation is 1. The summed E-state index contributed by atoms with van der Waals surface area (Å²) in [6.45, 7) is 1.94. The second-order valence-electron chi connectivity index (χ2n) is 10.7. The van der Waals surface area contributed by atoms with Gasteiger partial charge in [-0.25, -0.2) is 4.79 Å². The lowest BCUT2D eigenvalue weighted by Gasteiger charge is -2.18. The van der Waals surface area contributed by atoms with Gasteiger partial charge in [0.25, 0.3) is 11.8 Å². The third kappa shape index (κ3) is 9.00. The summed E-state index contributed by atoms with van der Waals surface area (Å²) in [5, 5.41) is 17.2. The number of amides is 3. The van der Waals surface area contributed by atoms with Crippen LogP contribution in [0.15, 0.2) is 138 Å². The molecule has 0 heterocycles. The number of hydrogen-bond donors (Lipinski definition) is 4. The van der Waals surface area contributed by atoms with Crippen molar-refractivity contribution < 1.29 is 24.3 Å². The molecular formula is C38H30ClN3O5S. The summed E-state index contributed by atoms with van der Waals surface area (Å²) in [6, 6.07) is 36.6. The summed E-state index contributed by atoms with van der Waals surface area (Å²) >= 11 is 7.29. The molecule has 10 heteroatoms. The number of thioether (sulfide) groups is 1. The van der Waals surface area contributed by atoms with Crippen LogP contribution >= 0.6 is 23.4 Å². The van der Waals surface area contributed by atoms with Crippen LogP contribution in [0.2, 0.25) is 5.02 Å². The molecule has 0 saturated heterocycles. The number of anilines is 2.